The zero-order chi connectivity index (χ0) is 20.4. The highest BCUT2D eigenvalue weighted by Gasteiger charge is 2.24. The van der Waals surface area contributed by atoms with Crippen molar-refractivity contribution in [3.63, 3.8) is 0 Å². The summed E-state index contributed by atoms with van der Waals surface area (Å²) < 4.78 is 1.31. The number of aromatic amines is 1. The van der Waals surface area contributed by atoms with Crippen molar-refractivity contribution in [1.82, 2.24) is 9.55 Å². The summed E-state index contributed by atoms with van der Waals surface area (Å²) in [5, 5.41) is 17.2. The van der Waals surface area contributed by atoms with Crippen molar-refractivity contribution in [1.29, 1.82) is 0 Å². The fourth-order valence-electron chi connectivity index (χ4n) is 4.07. The lowest BCUT2D eigenvalue weighted by Crippen LogP contribution is -2.36. The maximum atomic E-state index is 12.4. The van der Waals surface area contributed by atoms with Gasteiger partial charge in [-0.15, -0.1) is 0 Å². The van der Waals surface area contributed by atoms with E-state index in [2.05, 4.69) is 15.5 Å². The van der Waals surface area contributed by atoms with Gasteiger partial charge >= 0.3 is 5.69 Å². The second kappa shape index (κ2) is 7.95. The molecule has 4 rings (SSSR count). The summed E-state index contributed by atoms with van der Waals surface area (Å²) in [7, 11) is 0. The SMILES string of the molecule is C/C(=N\Nc1cccc2ccccc12)c1c(O)n(C2CCCCC2)c(=O)[nH]c1=O. The van der Waals surface area contributed by atoms with Gasteiger partial charge in [-0.1, -0.05) is 55.7 Å². The molecule has 7 nitrogen and oxygen atoms in total. The lowest BCUT2D eigenvalue weighted by atomic mass is 9.95. The third-order valence-corrected chi connectivity index (χ3v) is 5.55. The average Bonchev–Trinajstić information content (AvgIpc) is 2.72. The van der Waals surface area contributed by atoms with Gasteiger partial charge in [-0.25, -0.2) is 4.79 Å². The number of nitrogens with zero attached hydrogens (tertiary/aromatic N) is 2. The first-order valence-corrected chi connectivity index (χ1v) is 9.92. The molecule has 0 atom stereocenters. The predicted octanol–water partition coefficient (Wildman–Crippen LogP) is 3.74. The molecular weight excluding hydrogens is 368 g/mol. The van der Waals surface area contributed by atoms with E-state index in [1.807, 2.05) is 42.5 Å². The molecule has 0 amide bonds. The lowest BCUT2D eigenvalue weighted by Gasteiger charge is -2.25. The number of benzene rings is 2. The standard InChI is InChI=1S/C22H24N4O3/c1-14(24-25-18-13-7-9-15-8-5-6-12-17(15)18)19-20(27)23-22(29)26(21(19)28)16-10-3-2-4-11-16/h5-9,12-13,16,25,28H,2-4,10-11H2,1H3,(H,23,27,29)/b24-14+. The highest BCUT2D eigenvalue weighted by atomic mass is 16.3. The van der Waals surface area contributed by atoms with Crippen molar-refractivity contribution < 1.29 is 5.11 Å². The van der Waals surface area contributed by atoms with Crippen LogP contribution in [-0.2, 0) is 0 Å². The molecule has 0 bridgehead atoms. The number of fused-ring (bicyclic) bond motifs is 1. The molecule has 0 radical (unpaired) electrons. The van der Waals surface area contributed by atoms with Gasteiger partial charge in [-0.2, -0.15) is 5.10 Å². The van der Waals surface area contributed by atoms with Crippen LogP contribution in [0.15, 0.2) is 57.2 Å². The Hall–Kier alpha value is -3.35. The van der Waals surface area contributed by atoms with E-state index in [0.29, 0.717) is 5.71 Å². The molecule has 7 heteroatoms. The van der Waals surface area contributed by atoms with Crippen LogP contribution >= 0.6 is 0 Å². The van der Waals surface area contributed by atoms with Crippen LogP contribution in [0.25, 0.3) is 10.8 Å². The Bertz CT molecular complexity index is 1180. The third kappa shape index (κ3) is 3.68. The lowest BCUT2D eigenvalue weighted by molar-refractivity contribution is 0.298. The number of hydrogen-bond acceptors (Lipinski definition) is 5. The Morgan fingerprint density at radius 1 is 1.10 bits per heavy atom. The molecule has 3 aromatic rings. The quantitative estimate of drug-likeness (QED) is 0.465. The van der Waals surface area contributed by atoms with Crippen molar-refractivity contribution in [2.75, 3.05) is 5.43 Å². The number of H-pyrrole nitrogens is 1. The third-order valence-electron chi connectivity index (χ3n) is 5.55. The Kier molecular flexibility index (Phi) is 5.20. The van der Waals surface area contributed by atoms with Gasteiger partial charge in [-0.3, -0.25) is 19.8 Å². The summed E-state index contributed by atoms with van der Waals surface area (Å²) >= 11 is 0. The topological polar surface area (TPSA) is 99.5 Å². The highest BCUT2D eigenvalue weighted by molar-refractivity contribution is 6.01. The highest BCUT2D eigenvalue weighted by Crippen LogP contribution is 2.30. The first kappa shape index (κ1) is 19.0. The van der Waals surface area contributed by atoms with Crippen LogP contribution < -0.4 is 16.7 Å². The Morgan fingerprint density at radius 2 is 1.83 bits per heavy atom. The Balaban J connectivity index is 1.72. The number of nitrogens with one attached hydrogen (secondary N) is 2. The smallest absolute Gasteiger partial charge is 0.331 e. The molecule has 1 heterocycles. The van der Waals surface area contributed by atoms with Crippen molar-refractivity contribution in [3.05, 3.63) is 68.9 Å². The molecule has 150 valence electrons. The van der Waals surface area contributed by atoms with Gasteiger partial charge in [0, 0.05) is 11.4 Å². The Morgan fingerprint density at radius 3 is 2.62 bits per heavy atom. The van der Waals surface area contributed by atoms with Gasteiger partial charge in [0.2, 0.25) is 5.88 Å². The molecule has 0 spiro atoms. The first-order chi connectivity index (χ1) is 14.1. The summed E-state index contributed by atoms with van der Waals surface area (Å²) in [4.78, 5) is 27.1. The fourth-order valence-corrected chi connectivity index (χ4v) is 4.07. The number of rotatable bonds is 4. The monoisotopic (exact) mass is 392 g/mol. The number of hydrazone groups is 1. The fraction of sp³-hybridized carbons (Fsp3) is 0.318. The van der Waals surface area contributed by atoms with Crippen LogP contribution in [0.1, 0.15) is 50.6 Å². The second-order valence-electron chi connectivity index (χ2n) is 7.46. The van der Waals surface area contributed by atoms with E-state index in [1.165, 1.54) is 4.57 Å². The molecule has 0 aliphatic heterocycles. The molecule has 2 aromatic carbocycles. The van der Waals surface area contributed by atoms with Gasteiger partial charge < -0.3 is 5.11 Å². The summed E-state index contributed by atoms with van der Waals surface area (Å²) in [5.74, 6) is -0.313. The van der Waals surface area contributed by atoms with Crippen molar-refractivity contribution in [2.24, 2.45) is 5.10 Å². The largest absolute Gasteiger partial charge is 0.494 e. The average molecular weight is 392 g/mol. The van der Waals surface area contributed by atoms with Crippen LogP contribution in [0.4, 0.5) is 5.69 Å². The minimum atomic E-state index is -0.638. The van der Waals surface area contributed by atoms with Crippen LogP contribution in [0.2, 0.25) is 0 Å². The molecule has 0 saturated heterocycles. The van der Waals surface area contributed by atoms with E-state index >= 15 is 0 Å². The van der Waals surface area contributed by atoms with Crippen LogP contribution in [0.3, 0.4) is 0 Å². The predicted molar refractivity (Wildman–Crippen MR) is 115 cm³/mol. The van der Waals surface area contributed by atoms with Crippen LogP contribution in [0, 0.1) is 0 Å². The van der Waals surface area contributed by atoms with Gasteiger partial charge in [0.1, 0.15) is 5.56 Å². The van der Waals surface area contributed by atoms with Crippen LogP contribution in [0.5, 0.6) is 5.88 Å². The number of hydrogen-bond donors (Lipinski definition) is 3. The number of aromatic nitrogens is 2. The van der Waals surface area contributed by atoms with Gasteiger partial charge in [0.25, 0.3) is 5.56 Å². The van der Waals surface area contributed by atoms with Gasteiger partial charge in [0.15, 0.2) is 0 Å². The molecule has 1 fully saturated rings. The second-order valence-corrected chi connectivity index (χ2v) is 7.46. The number of aromatic hydroxyl groups is 1. The van der Waals surface area contributed by atoms with E-state index in [-0.39, 0.29) is 17.5 Å². The van der Waals surface area contributed by atoms with E-state index in [1.54, 1.807) is 6.92 Å². The molecule has 29 heavy (non-hydrogen) atoms. The summed E-state index contributed by atoms with van der Waals surface area (Å²) in [6.45, 7) is 1.64. The molecule has 1 aliphatic carbocycles. The molecule has 3 N–H and O–H groups in total. The summed E-state index contributed by atoms with van der Waals surface area (Å²) in [5.41, 5.74) is 2.89. The van der Waals surface area contributed by atoms with E-state index < -0.39 is 11.2 Å². The maximum Gasteiger partial charge on any atom is 0.331 e. The van der Waals surface area contributed by atoms with Crippen molar-refractivity contribution in [3.8, 4) is 5.88 Å². The van der Waals surface area contributed by atoms with Gasteiger partial charge in [0.05, 0.1) is 11.4 Å². The minimum absolute atomic E-state index is 0.0166. The maximum absolute atomic E-state index is 12.4. The zero-order valence-electron chi connectivity index (χ0n) is 16.3. The Labute approximate surface area is 167 Å². The van der Waals surface area contributed by atoms with Crippen molar-refractivity contribution >= 4 is 22.2 Å². The zero-order valence-corrected chi connectivity index (χ0v) is 16.3. The first-order valence-electron chi connectivity index (χ1n) is 9.92. The molecule has 1 saturated carbocycles. The number of anilines is 1. The van der Waals surface area contributed by atoms with E-state index in [0.717, 1.165) is 48.6 Å². The molecule has 1 aliphatic rings. The normalized spacial score (nSPS) is 15.6. The minimum Gasteiger partial charge on any atom is -0.494 e. The summed E-state index contributed by atoms with van der Waals surface area (Å²) in [6.07, 6.45) is 4.74. The van der Waals surface area contributed by atoms with E-state index in [4.69, 9.17) is 0 Å². The molecule has 0 unspecified atom stereocenters. The van der Waals surface area contributed by atoms with Crippen LogP contribution in [-0.4, -0.2) is 20.4 Å². The van der Waals surface area contributed by atoms with E-state index in [9.17, 15) is 14.7 Å². The van der Waals surface area contributed by atoms with Gasteiger partial charge in [-0.05, 0) is 31.2 Å². The summed E-state index contributed by atoms with van der Waals surface area (Å²) in [6, 6.07) is 13.6. The molecular formula is C22H24N4O3. The van der Waals surface area contributed by atoms with Crippen molar-refractivity contribution in [2.45, 2.75) is 45.1 Å². The molecule has 1 aromatic heterocycles.